The van der Waals surface area contributed by atoms with Crippen LogP contribution in [0.25, 0.3) is 0 Å². The lowest BCUT2D eigenvalue weighted by Gasteiger charge is -2.51. The van der Waals surface area contributed by atoms with Gasteiger partial charge in [0.05, 0.1) is 6.61 Å². The summed E-state index contributed by atoms with van der Waals surface area (Å²) in [7, 11) is 0. The number of Topliss-reactive ketones (excluding diaryl/α,β-unsaturated/α-hetero) is 2. The second kappa shape index (κ2) is 24.3. The van der Waals surface area contributed by atoms with Crippen LogP contribution in [0.1, 0.15) is 54.1 Å². The monoisotopic (exact) mass is 1020 g/mol. The van der Waals surface area contributed by atoms with Crippen LogP contribution in [-0.4, -0.2) is 73.4 Å². The Morgan fingerprint density at radius 2 is 0.645 bits per heavy atom. The van der Waals surface area contributed by atoms with E-state index in [1.54, 1.807) is 0 Å². The highest BCUT2D eigenvalue weighted by Gasteiger charge is 2.72. The molecule has 0 spiro atoms. The van der Waals surface area contributed by atoms with Gasteiger partial charge in [-0.15, -0.1) is 0 Å². The molecule has 0 bridgehead atoms. The van der Waals surface area contributed by atoms with E-state index in [9.17, 15) is 25.5 Å². The number of ether oxygens (including phenoxy) is 7. The van der Waals surface area contributed by atoms with Crippen LogP contribution < -0.4 is 28.4 Å². The predicted molar refractivity (Wildman–Crippen MR) is 280 cm³/mol. The lowest BCUT2D eigenvalue weighted by molar-refractivity contribution is -0.330. The Labute approximate surface area is 439 Å². The zero-order valence-electron chi connectivity index (χ0n) is 41.2. The normalized spacial score (nSPS) is 19.0. The van der Waals surface area contributed by atoms with Crippen LogP contribution in [0.3, 0.4) is 0 Å². The fourth-order valence-corrected chi connectivity index (χ4v) is 8.73. The minimum atomic E-state index is -3.73. The van der Waals surface area contributed by atoms with Gasteiger partial charge in [-0.1, -0.05) is 182 Å². The number of hydrogen-bond acceptors (Lipinski definition) is 14. The Balaban J connectivity index is 1.17. The lowest BCUT2D eigenvalue weighted by atomic mass is 9.66. The Bertz CT molecular complexity index is 3040. The number of carbonyl (C=O) groups excluding carboxylic acids is 2. The minimum Gasteiger partial charge on any atom is -0.485 e. The van der Waals surface area contributed by atoms with Crippen LogP contribution in [0.5, 0.6) is 34.5 Å². The smallest absolute Gasteiger partial charge is 0.217 e. The molecule has 0 aliphatic carbocycles. The van der Waals surface area contributed by atoms with Crippen molar-refractivity contribution in [3.8, 4) is 34.5 Å². The Hall–Kier alpha value is -8.34. The van der Waals surface area contributed by atoms with E-state index in [-0.39, 0.29) is 74.1 Å². The molecule has 5 atom stereocenters. The molecule has 1 saturated heterocycles. The Morgan fingerprint density at radius 1 is 0.395 bits per heavy atom. The fourth-order valence-electron chi connectivity index (χ4n) is 8.73. The quantitative estimate of drug-likeness (QED) is 0.0381. The fraction of sp³-hybridized carbons (Fsp3) is 0.194. The summed E-state index contributed by atoms with van der Waals surface area (Å²) in [5.41, 5.74) is -3.81. The third-order valence-corrected chi connectivity index (χ3v) is 12.9. The lowest BCUT2D eigenvalue weighted by Crippen LogP contribution is -2.80. The summed E-state index contributed by atoms with van der Waals surface area (Å²) in [5, 5.41) is 60.5. The number of carbonyl (C=O) groups is 2. The first kappa shape index (κ1) is 52.5. The molecule has 0 aromatic heterocycles. The van der Waals surface area contributed by atoms with Crippen molar-refractivity contribution in [1.82, 2.24) is 0 Å². The standard InChI is InChI=1S/C62H56O14/c63-35-54-59(66)61(68,57(64)48-31-50(70-36-42-19-7-1-8-20-42)55(74-40-46-27-15-5-16-28-46)51(32-48)71-37-43-21-9-2-10-22-43)62(69,60(67)76-54)58(65)49-33-52(72-38-44-23-11-3-12-24-44)56(75-41-47-29-17-6-18-30-47)53(34-49)73-39-45-25-13-4-14-26-45/h1-34,54,59-60,63,66-69H,35-41H2/t54-,59-,60+,61+,62+/m1/s1. The molecular formula is C62H56O14. The SMILES string of the molecule is O=C(c1cc(OCc2ccccc2)c(OCc2ccccc2)c(OCc2ccccc2)c1)[C@]1(O)[C@H](O)[C@@H](CO)O[C@H](O)[C@@]1(O)C(=O)c1cc(OCc2ccccc2)c(OCc2ccccc2)c(OCc2ccccc2)c1. The third-order valence-electron chi connectivity index (χ3n) is 12.9. The number of hydrogen-bond donors (Lipinski definition) is 5. The van der Waals surface area contributed by atoms with E-state index in [4.69, 9.17) is 33.2 Å². The number of ketones is 2. The van der Waals surface area contributed by atoms with E-state index >= 15 is 9.59 Å². The van der Waals surface area contributed by atoms with Crippen LogP contribution in [0.2, 0.25) is 0 Å². The average molecular weight is 1030 g/mol. The summed E-state index contributed by atoms with van der Waals surface area (Å²) in [5.74, 6) is -3.08. The predicted octanol–water partition coefficient (Wildman–Crippen LogP) is 8.76. The maximum Gasteiger partial charge on any atom is 0.217 e. The number of aliphatic hydroxyl groups is 5. The molecule has 76 heavy (non-hydrogen) atoms. The molecular weight excluding hydrogens is 969 g/mol. The van der Waals surface area contributed by atoms with Crippen molar-refractivity contribution < 1.29 is 68.3 Å². The molecule has 0 saturated carbocycles. The van der Waals surface area contributed by atoms with Crippen molar-refractivity contribution >= 4 is 11.6 Å². The highest BCUT2D eigenvalue weighted by Crippen LogP contribution is 2.48. The first-order valence-electron chi connectivity index (χ1n) is 24.6. The molecule has 1 heterocycles. The number of benzene rings is 8. The first-order valence-corrected chi connectivity index (χ1v) is 24.6. The number of aliphatic hydroxyl groups excluding tert-OH is 3. The number of rotatable bonds is 23. The molecule has 0 amide bonds. The van der Waals surface area contributed by atoms with Gasteiger partial charge in [0.15, 0.2) is 34.9 Å². The van der Waals surface area contributed by atoms with Gasteiger partial charge in [0.1, 0.15) is 51.8 Å². The van der Waals surface area contributed by atoms with Crippen molar-refractivity contribution in [3.63, 3.8) is 0 Å². The minimum absolute atomic E-state index is 0.0281. The van der Waals surface area contributed by atoms with Gasteiger partial charge in [-0.05, 0) is 57.6 Å². The zero-order valence-corrected chi connectivity index (χ0v) is 41.2. The van der Waals surface area contributed by atoms with Gasteiger partial charge in [-0.2, -0.15) is 0 Å². The van der Waals surface area contributed by atoms with Crippen LogP contribution >= 0.6 is 0 Å². The first-order chi connectivity index (χ1) is 37.0. The van der Waals surface area contributed by atoms with Gasteiger partial charge in [-0.3, -0.25) is 9.59 Å². The molecule has 1 aliphatic heterocycles. The van der Waals surface area contributed by atoms with E-state index in [1.807, 2.05) is 182 Å². The van der Waals surface area contributed by atoms with E-state index in [2.05, 4.69) is 0 Å². The molecule has 8 aromatic rings. The highest BCUT2D eigenvalue weighted by atomic mass is 16.6. The molecule has 9 rings (SSSR count). The van der Waals surface area contributed by atoms with Gasteiger partial charge in [0.25, 0.3) is 0 Å². The average Bonchev–Trinajstić information content (AvgIpc) is 3.57. The molecule has 14 heteroatoms. The van der Waals surface area contributed by atoms with Crippen molar-refractivity contribution in [2.75, 3.05) is 6.61 Å². The molecule has 5 N–H and O–H groups in total. The van der Waals surface area contributed by atoms with Gasteiger partial charge in [-0.25, -0.2) is 0 Å². The summed E-state index contributed by atoms with van der Waals surface area (Å²) in [6.07, 6.45) is -7.21. The Kier molecular flexibility index (Phi) is 16.8. The van der Waals surface area contributed by atoms with Crippen molar-refractivity contribution in [1.29, 1.82) is 0 Å². The van der Waals surface area contributed by atoms with E-state index in [0.717, 1.165) is 33.4 Å². The maximum absolute atomic E-state index is 15.6. The largest absolute Gasteiger partial charge is 0.485 e. The van der Waals surface area contributed by atoms with Gasteiger partial charge < -0.3 is 58.7 Å². The van der Waals surface area contributed by atoms with E-state index < -0.39 is 59.0 Å². The second-order valence-electron chi connectivity index (χ2n) is 18.1. The van der Waals surface area contributed by atoms with Crippen molar-refractivity contribution in [2.24, 2.45) is 0 Å². The van der Waals surface area contributed by atoms with Crippen LogP contribution in [0.15, 0.2) is 206 Å². The van der Waals surface area contributed by atoms with Crippen LogP contribution in [0.4, 0.5) is 0 Å². The summed E-state index contributed by atoms with van der Waals surface area (Å²) in [6.45, 7) is -1.17. The van der Waals surface area contributed by atoms with E-state index in [0.29, 0.717) is 0 Å². The molecule has 0 radical (unpaired) electrons. The van der Waals surface area contributed by atoms with Crippen LogP contribution in [-0.2, 0) is 44.4 Å². The second-order valence-corrected chi connectivity index (χ2v) is 18.1. The van der Waals surface area contributed by atoms with Gasteiger partial charge in [0.2, 0.25) is 28.7 Å². The Morgan fingerprint density at radius 3 is 0.908 bits per heavy atom. The van der Waals surface area contributed by atoms with Crippen LogP contribution in [0, 0.1) is 0 Å². The molecule has 14 nitrogen and oxygen atoms in total. The highest BCUT2D eigenvalue weighted by molar-refractivity contribution is 6.13. The van der Waals surface area contributed by atoms with Crippen molar-refractivity contribution in [3.05, 3.63) is 251 Å². The van der Waals surface area contributed by atoms with E-state index in [1.165, 1.54) is 24.3 Å². The summed E-state index contributed by atoms with van der Waals surface area (Å²) in [4.78, 5) is 31.1. The third kappa shape index (κ3) is 11.8. The summed E-state index contributed by atoms with van der Waals surface area (Å²) >= 11 is 0. The summed E-state index contributed by atoms with van der Waals surface area (Å²) in [6, 6.07) is 60.0. The molecule has 1 aliphatic rings. The summed E-state index contributed by atoms with van der Waals surface area (Å²) < 4.78 is 43.8. The topological polar surface area (TPSA) is 200 Å². The molecule has 8 aromatic carbocycles. The van der Waals surface area contributed by atoms with Gasteiger partial charge in [0, 0.05) is 11.1 Å². The van der Waals surface area contributed by atoms with Gasteiger partial charge >= 0.3 is 0 Å². The molecule has 1 fully saturated rings. The zero-order chi connectivity index (χ0) is 52.9. The molecule has 0 unspecified atom stereocenters. The molecule has 388 valence electrons. The van der Waals surface area contributed by atoms with Crippen molar-refractivity contribution in [2.45, 2.75) is 69.3 Å². The maximum atomic E-state index is 15.6.